The van der Waals surface area contributed by atoms with Crippen LogP contribution in [0.4, 0.5) is 0 Å². The van der Waals surface area contributed by atoms with Crippen LogP contribution in [0.1, 0.15) is 81.6 Å². The van der Waals surface area contributed by atoms with Crippen molar-refractivity contribution >= 4 is 11.9 Å². The van der Waals surface area contributed by atoms with Crippen molar-refractivity contribution in [3.63, 3.8) is 0 Å². The molecular formula is C26H46N2O4. The highest BCUT2D eigenvalue weighted by Crippen LogP contribution is 2.48. The fourth-order valence-corrected chi connectivity index (χ4v) is 4.74. The average Bonchev–Trinajstić information content (AvgIpc) is 2.67. The van der Waals surface area contributed by atoms with Crippen molar-refractivity contribution in [3.05, 3.63) is 24.0 Å². The van der Waals surface area contributed by atoms with Gasteiger partial charge in [-0.1, -0.05) is 60.6 Å². The molecule has 0 aromatic rings. The summed E-state index contributed by atoms with van der Waals surface area (Å²) >= 11 is 0. The molecule has 0 saturated heterocycles. The molecule has 6 nitrogen and oxygen atoms in total. The minimum atomic E-state index is -0.469. The second-order valence-corrected chi connectivity index (χ2v) is 11.1. The molecule has 0 radical (unpaired) electrons. The molecule has 2 N–H and O–H groups in total. The molecule has 3 unspecified atom stereocenters. The summed E-state index contributed by atoms with van der Waals surface area (Å²) < 4.78 is 11.1. The van der Waals surface area contributed by atoms with Crippen molar-refractivity contribution in [2.75, 3.05) is 13.2 Å². The number of allylic oxidation sites excluding steroid dienone is 2. The Morgan fingerprint density at radius 1 is 1.00 bits per heavy atom. The Balaban J connectivity index is 3.09. The Kier molecular flexibility index (Phi) is 10.8. The van der Waals surface area contributed by atoms with Gasteiger partial charge in [0.1, 0.15) is 11.7 Å². The van der Waals surface area contributed by atoms with Crippen LogP contribution in [0.2, 0.25) is 0 Å². The fourth-order valence-electron chi connectivity index (χ4n) is 4.74. The standard InChI is InChI=1S/C26H46N2O4/c1-10-12-27-22(24(30)32-16-19(5)6)26(9)14-20(13-25(7,8)17-26)28-21(11-2)23(29)31-15-18(3)4/h10-12,18-20,22,27-28H,13-17H2,1-9H3. The number of rotatable bonds is 11. The molecule has 0 spiro atoms. The third-order valence-electron chi connectivity index (χ3n) is 5.73. The van der Waals surface area contributed by atoms with E-state index in [1.165, 1.54) is 0 Å². The lowest BCUT2D eigenvalue weighted by atomic mass is 9.59. The summed E-state index contributed by atoms with van der Waals surface area (Å²) in [6, 6.07) is -0.433. The molecule has 0 aliphatic heterocycles. The van der Waals surface area contributed by atoms with E-state index in [0.29, 0.717) is 18.9 Å². The summed E-state index contributed by atoms with van der Waals surface area (Å²) in [5, 5.41) is 6.72. The highest BCUT2D eigenvalue weighted by molar-refractivity contribution is 5.87. The summed E-state index contributed by atoms with van der Waals surface area (Å²) in [4.78, 5) is 25.6. The number of hydrogen-bond donors (Lipinski definition) is 2. The van der Waals surface area contributed by atoms with Gasteiger partial charge in [-0.05, 0) is 56.6 Å². The highest BCUT2D eigenvalue weighted by Gasteiger charge is 2.49. The van der Waals surface area contributed by atoms with Gasteiger partial charge in [-0.15, -0.1) is 0 Å². The predicted octanol–water partition coefficient (Wildman–Crippen LogP) is 4.96. The average molecular weight is 451 g/mol. The van der Waals surface area contributed by atoms with Crippen molar-refractivity contribution in [1.82, 2.24) is 10.6 Å². The molecule has 0 amide bonds. The van der Waals surface area contributed by atoms with Crippen LogP contribution >= 0.6 is 0 Å². The van der Waals surface area contributed by atoms with Crippen molar-refractivity contribution in [2.45, 2.75) is 93.7 Å². The molecule has 0 bridgehead atoms. The molecule has 0 heterocycles. The second-order valence-electron chi connectivity index (χ2n) is 11.1. The molecule has 1 aliphatic carbocycles. The number of carbonyl (C=O) groups excluding carboxylic acids is 2. The normalized spacial score (nSPS) is 24.5. The van der Waals surface area contributed by atoms with Gasteiger partial charge in [0.25, 0.3) is 0 Å². The summed E-state index contributed by atoms with van der Waals surface area (Å²) in [6.45, 7) is 19.2. The van der Waals surface area contributed by atoms with Crippen molar-refractivity contribution in [3.8, 4) is 0 Å². The van der Waals surface area contributed by atoms with Crippen molar-refractivity contribution < 1.29 is 19.1 Å². The Morgan fingerprint density at radius 3 is 2.12 bits per heavy atom. The minimum absolute atomic E-state index is 0.0143. The molecule has 0 aromatic carbocycles. The van der Waals surface area contributed by atoms with Crippen LogP contribution in [-0.4, -0.2) is 37.2 Å². The van der Waals surface area contributed by atoms with Gasteiger partial charge in [0, 0.05) is 11.5 Å². The first-order valence-corrected chi connectivity index (χ1v) is 12.0. The van der Waals surface area contributed by atoms with Gasteiger partial charge in [-0.3, -0.25) is 0 Å². The minimum Gasteiger partial charge on any atom is -0.464 e. The molecule has 32 heavy (non-hydrogen) atoms. The Bertz CT molecular complexity index is 681. The lowest BCUT2D eigenvalue weighted by Crippen LogP contribution is -2.56. The lowest BCUT2D eigenvalue weighted by Gasteiger charge is -2.49. The van der Waals surface area contributed by atoms with Gasteiger partial charge in [0.05, 0.1) is 13.2 Å². The SMILES string of the molecule is CC=CNC(C(=O)OCC(C)C)C1(C)CC(NC(=CC)C(=O)OCC(C)C)CC(C)(C)C1. The number of hydrogen-bond acceptors (Lipinski definition) is 6. The first-order valence-electron chi connectivity index (χ1n) is 12.0. The van der Waals surface area contributed by atoms with Gasteiger partial charge >= 0.3 is 11.9 Å². The molecule has 1 aliphatic rings. The largest absolute Gasteiger partial charge is 0.464 e. The zero-order valence-corrected chi connectivity index (χ0v) is 21.7. The topological polar surface area (TPSA) is 76.7 Å². The van der Waals surface area contributed by atoms with Crippen LogP contribution in [0, 0.1) is 22.7 Å². The van der Waals surface area contributed by atoms with E-state index in [1.807, 2.05) is 53.8 Å². The lowest BCUT2D eigenvalue weighted by molar-refractivity contribution is -0.152. The second kappa shape index (κ2) is 12.3. The number of carbonyl (C=O) groups is 2. The van der Waals surface area contributed by atoms with Gasteiger partial charge in [0.15, 0.2) is 0 Å². The van der Waals surface area contributed by atoms with Crippen molar-refractivity contribution in [1.29, 1.82) is 0 Å². The van der Waals surface area contributed by atoms with Crippen LogP contribution in [0.3, 0.4) is 0 Å². The highest BCUT2D eigenvalue weighted by atomic mass is 16.5. The quantitative estimate of drug-likeness (QED) is 0.342. The van der Waals surface area contributed by atoms with Gasteiger partial charge in [-0.2, -0.15) is 0 Å². The third-order valence-corrected chi connectivity index (χ3v) is 5.73. The van der Waals surface area contributed by atoms with Gasteiger partial charge in [-0.25, -0.2) is 9.59 Å². The van der Waals surface area contributed by atoms with E-state index in [0.717, 1.165) is 19.3 Å². The van der Waals surface area contributed by atoms with Crippen LogP contribution < -0.4 is 10.6 Å². The molecule has 1 rings (SSSR count). The molecular weight excluding hydrogens is 404 g/mol. The summed E-state index contributed by atoms with van der Waals surface area (Å²) in [5.41, 5.74) is 0.115. The molecule has 1 saturated carbocycles. The summed E-state index contributed by atoms with van der Waals surface area (Å²) in [7, 11) is 0. The van der Waals surface area contributed by atoms with E-state index in [9.17, 15) is 9.59 Å². The zero-order valence-electron chi connectivity index (χ0n) is 21.7. The maximum absolute atomic E-state index is 13.1. The maximum atomic E-state index is 13.1. The van der Waals surface area contributed by atoms with Crippen LogP contribution in [-0.2, 0) is 19.1 Å². The number of nitrogens with one attached hydrogen (secondary N) is 2. The maximum Gasteiger partial charge on any atom is 0.354 e. The molecule has 1 fully saturated rings. The van der Waals surface area contributed by atoms with Crippen LogP contribution in [0.15, 0.2) is 24.0 Å². The first kappa shape index (κ1) is 28.1. The monoisotopic (exact) mass is 450 g/mol. The van der Waals surface area contributed by atoms with Crippen molar-refractivity contribution in [2.24, 2.45) is 22.7 Å². The van der Waals surface area contributed by atoms with Gasteiger partial charge in [0.2, 0.25) is 0 Å². The summed E-state index contributed by atoms with van der Waals surface area (Å²) in [5.74, 6) is 0.00858. The van der Waals surface area contributed by atoms with E-state index in [2.05, 4.69) is 31.4 Å². The number of ether oxygens (including phenoxy) is 2. The van der Waals surface area contributed by atoms with Gasteiger partial charge < -0.3 is 20.1 Å². The Labute approximate surface area is 195 Å². The zero-order chi connectivity index (χ0) is 24.5. The van der Waals surface area contributed by atoms with E-state index in [-0.39, 0.29) is 40.6 Å². The van der Waals surface area contributed by atoms with E-state index in [4.69, 9.17) is 9.47 Å². The number of esters is 2. The molecule has 184 valence electrons. The fraction of sp³-hybridized carbons (Fsp3) is 0.769. The Morgan fingerprint density at radius 2 is 1.59 bits per heavy atom. The van der Waals surface area contributed by atoms with E-state index in [1.54, 1.807) is 6.08 Å². The molecule has 3 atom stereocenters. The molecule has 0 aromatic heterocycles. The third kappa shape index (κ3) is 8.87. The van der Waals surface area contributed by atoms with E-state index < -0.39 is 6.04 Å². The van der Waals surface area contributed by atoms with Crippen LogP contribution in [0.25, 0.3) is 0 Å². The first-order chi connectivity index (χ1) is 14.8. The Hall–Kier alpha value is -1.98. The van der Waals surface area contributed by atoms with Crippen LogP contribution in [0.5, 0.6) is 0 Å². The smallest absolute Gasteiger partial charge is 0.354 e. The summed E-state index contributed by atoms with van der Waals surface area (Å²) in [6.07, 6.45) is 7.98. The van der Waals surface area contributed by atoms with E-state index >= 15 is 0 Å². The molecule has 6 heteroatoms. The predicted molar refractivity (Wildman–Crippen MR) is 130 cm³/mol.